The fraction of sp³-hybridized carbons (Fsp3) is 0.0625. The minimum Gasteiger partial charge on any atom is -0.458 e. The first kappa shape index (κ1) is 17.4. The number of hydrogen-bond acceptors (Lipinski definition) is 8. The molecular weight excluding hydrogens is 360 g/mol. The molecule has 2 aromatic heterocycles. The fourth-order valence-corrected chi connectivity index (χ4v) is 2.20. The van der Waals surface area contributed by atoms with Crippen LogP contribution in [0.5, 0.6) is 0 Å². The Hall–Kier alpha value is -3.46. The minimum absolute atomic E-state index is 0.0495. The molecule has 26 heavy (non-hydrogen) atoms. The van der Waals surface area contributed by atoms with Crippen molar-refractivity contribution in [2.75, 3.05) is 12.3 Å². The number of carbonyl (C=O) groups is 1. The molecule has 0 saturated heterocycles. The number of tetrazole rings is 1. The van der Waals surface area contributed by atoms with E-state index >= 15 is 0 Å². The van der Waals surface area contributed by atoms with Gasteiger partial charge in [-0.3, -0.25) is 0 Å². The Labute approximate surface area is 152 Å². The first-order chi connectivity index (χ1) is 12.6. The van der Waals surface area contributed by atoms with Gasteiger partial charge in [-0.2, -0.15) is 5.10 Å². The van der Waals surface area contributed by atoms with Crippen LogP contribution in [-0.2, 0) is 4.74 Å². The molecule has 0 bridgehead atoms. The highest BCUT2D eigenvalue weighted by Gasteiger charge is 2.14. The summed E-state index contributed by atoms with van der Waals surface area (Å²) in [7, 11) is 0. The lowest BCUT2D eigenvalue weighted by Crippen LogP contribution is -2.05. The van der Waals surface area contributed by atoms with Crippen molar-refractivity contribution in [3.05, 3.63) is 59.3 Å². The van der Waals surface area contributed by atoms with Gasteiger partial charge in [0.2, 0.25) is 0 Å². The van der Waals surface area contributed by atoms with Gasteiger partial charge in [-0.05, 0) is 40.8 Å². The number of rotatable bonds is 6. The molecule has 0 aliphatic carbocycles. The molecule has 0 aliphatic rings. The number of nitrogens with zero attached hydrogens (tertiary/aromatic N) is 5. The molecule has 1 aromatic carbocycles. The molecule has 0 atom stereocenters. The Bertz CT molecular complexity index is 978. The second kappa shape index (κ2) is 7.62. The smallest absolute Gasteiger partial charge is 0.339 e. The molecule has 2 N–H and O–H groups in total. The molecular formula is C16H13ClN6O3. The first-order valence-corrected chi connectivity index (χ1v) is 7.72. The van der Waals surface area contributed by atoms with E-state index in [1.54, 1.807) is 30.3 Å². The normalized spacial score (nSPS) is 11.0. The molecule has 9 nitrogen and oxygen atoms in total. The number of furan rings is 1. The summed E-state index contributed by atoms with van der Waals surface area (Å²) < 4.78 is 10.7. The maximum Gasteiger partial charge on any atom is 0.339 e. The molecule has 0 amide bonds. The number of nitrogen functional groups attached to an aromatic ring is 1. The average Bonchev–Trinajstić information content (AvgIpc) is 3.27. The van der Waals surface area contributed by atoms with Crippen molar-refractivity contribution >= 4 is 29.7 Å². The number of nitrogens with two attached hydrogens (primary N) is 1. The number of halogens is 1. The number of ether oxygens (including phenoxy) is 1. The predicted molar refractivity (Wildman–Crippen MR) is 94.9 cm³/mol. The number of carbonyl (C=O) groups excluding carboxylic acids is 1. The Balaban J connectivity index is 1.83. The molecule has 3 aromatic rings. The Morgan fingerprint density at radius 2 is 2.27 bits per heavy atom. The molecule has 2 heterocycles. The minimum atomic E-state index is -0.542. The number of aromatic nitrogens is 4. The zero-order valence-electron chi connectivity index (χ0n) is 13.4. The van der Waals surface area contributed by atoms with Crippen LogP contribution in [0.4, 0.5) is 5.95 Å². The molecule has 3 rings (SSSR count). The van der Waals surface area contributed by atoms with Crippen molar-refractivity contribution in [2.45, 2.75) is 0 Å². The summed E-state index contributed by atoms with van der Waals surface area (Å²) in [5, 5.41) is 14.7. The maximum absolute atomic E-state index is 12.0. The summed E-state index contributed by atoms with van der Waals surface area (Å²) in [6, 6.07) is 8.34. The van der Waals surface area contributed by atoms with E-state index in [1.165, 1.54) is 12.3 Å². The van der Waals surface area contributed by atoms with Crippen LogP contribution in [0.1, 0.15) is 16.1 Å². The molecule has 0 unspecified atom stereocenters. The SMILES string of the molecule is C=CCOC(=O)c1cc(-c2ccc(C=Nn3nnnc3N)o2)ccc1Cl. The lowest BCUT2D eigenvalue weighted by Gasteiger charge is -2.06. The zero-order chi connectivity index (χ0) is 18.5. The van der Waals surface area contributed by atoms with Crippen molar-refractivity contribution in [1.29, 1.82) is 0 Å². The summed E-state index contributed by atoms with van der Waals surface area (Å²) in [5.74, 6) is 0.471. The van der Waals surface area contributed by atoms with Crippen LogP contribution in [0.15, 0.2) is 52.5 Å². The van der Waals surface area contributed by atoms with Crippen molar-refractivity contribution in [3.63, 3.8) is 0 Å². The van der Waals surface area contributed by atoms with Crippen LogP contribution < -0.4 is 5.73 Å². The summed E-state index contributed by atoms with van der Waals surface area (Å²) >= 11 is 6.07. The van der Waals surface area contributed by atoms with Gasteiger partial charge in [-0.25, -0.2) is 4.79 Å². The quantitative estimate of drug-likeness (QED) is 0.400. The topological polar surface area (TPSA) is 121 Å². The van der Waals surface area contributed by atoms with E-state index in [9.17, 15) is 4.79 Å². The van der Waals surface area contributed by atoms with Crippen LogP contribution in [0, 0.1) is 0 Å². The molecule has 10 heteroatoms. The summed E-state index contributed by atoms with van der Waals surface area (Å²) in [5.41, 5.74) is 6.40. The van der Waals surface area contributed by atoms with Crippen molar-refractivity contribution in [2.24, 2.45) is 5.10 Å². The van der Waals surface area contributed by atoms with Gasteiger partial charge in [-0.1, -0.05) is 34.1 Å². The third-order valence-corrected chi connectivity index (χ3v) is 3.53. The van der Waals surface area contributed by atoms with Crippen LogP contribution >= 0.6 is 11.6 Å². The Kier molecular flexibility index (Phi) is 5.09. The van der Waals surface area contributed by atoms with E-state index in [2.05, 4.69) is 27.2 Å². The van der Waals surface area contributed by atoms with Gasteiger partial charge in [0.1, 0.15) is 18.1 Å². The Morgan fingerprint density at radius 3 is 3.00 bits per heavy atom. The third-order valence-electron chi connectivity index (χ3n) is 3.20. The highest BCUT2D eigenvalue weighted by Crippen LogP contribution is 2.27. The van der Waals surface area contributed by atoms with Gasteiger partial charge < -0.3 is 14.9 Å². The first-order valence-electron chi connectivity index (χ1n) is 7.34. The molecule has 132 valence electrons. The standard InChI is InChI=1S/C16H13ClN6O3/c1-2-7-25-15(24)12-8-10(3-5-13(12)17)14-6-4-11(26-14)9-19-23-16(18)20-21-22-23/h2-6,8-9H,1,7H2,(H2,18,20,22). The van der Waals surface area contributed by atoms with Gasteiger partial charge in [0, 0.05) is 5.56 Å². The molecule has 0 aliphatic heterocycles. The summed E-state index contributed by atoms with van der Waals surface area (Å²) in [4.78, 5) is 13.1. The monoisotopic (exact) mass is 372 g/mol. The van der Waals surface area contributed by atoms with Gasteiger partial charge in [0.15, 0.2) is 0 Å². The van der Waals surface area contributed by atoms with Gasteiger partial charge in [-0.15, -0.1) is 0 Å². The molecule has 0 radical (unpaired) electrons. The molecule has 0 saturated carbocycles. The van der Waals surface area contributed by atoms with Gasteiger partial charge >= 0.3 is 5.97 Å². The summed E-state index contributed by atoms with van der Waals surface area (Å²) in [6.07, 6.45) is 2.89. The van der Waals surface area contributed by atoms with E-state index in [4.69, 9.17) is 26.5 Å². The van der Waals surface area contributed by atoms with Crippen LogP contribution in [-0.4, -0.2) is 39.1 Å². The van der Waals surface area contributed by atoms with E-state index in [-0.39, 0.29) is 23.1 Å². The van der Waals surface area contributed by atoms with Crippen molar-refractivity contribution in [1.82, 2.24) is 20.3 Å². The molecule has 0 fully saturated rings. The lowest BCUT2D eigenvalue weighted by molar-refractivity contribution is 0.0550. The number of esters is 1. The van der Waals surface area contributed by atoms with Gasteiger partial charge in [0.05, 0.1) is 16.8 Å². The van der Waals surface area contributed by atoms with Crippen molar-refractivity contribution in [3.8, 4) is 11.3 Å². The van der Waals surface area contributed by atoms with E-state index in [0.29, 0.717) is 17.1 Å². The maximum atomic E-state index is 12.0. The van der Waals surface area contributed by atoms with E-state index in [1.807, 2.05) is 0 Å². The number of anilines is 1. The Morgan fingerprint density at radius 1 is 1.42 bits per heavy atom. The summed E-state index contributed by atoms with van der Waals surface area (Å²) in [6.45, 7) is 3.60. The van der Waals surface area contributed by atoms with Crippen LogP contribution in [0.2, 0.25) is 5.02 Å². The number of benzene rings is 1. The highest BCUT2D eigenvalue weighted by atomic mass is 35.5. The largest absolute Gasteiger partial charge is 0.458 e. The van der Waals surface area contributed by atoms with Crippen LogP contribution in [0.3, 0.4) is 0 Å². The van der Waals surface area contributed by atoms with Crippen molar-refractivity contribution < 1.29 is 13.9 Å². The predicted octanol–water partition coefficient (Wildman–Crippen LogP) is 2.39. The lowest BCUT2D eigenvalue weighted by atomic mass is 10.1. The van der Waals surface area contributed by atoms with E-state index in [0.717, 1.165) is 4.79 Å². The average molecular weight is 373 g/mol. The third kappa shape index (κ3) is 3.78. The number of hydrogen-bond donors (Lipinski definition) is 1. The second-order valence-electron chi connectivity index (χ2n) is 4.95. The van der Waals surface area contributed by atoms with Gasteiger partial charge in [0.25, 0.3) is 5.95 Å². The highest BCUT2D eigenvalue weighted by molar-refractivity contribution is 6.33. The second-order valence-corrected chi connectivity index (χ2v) is 5.36. The fourth-order valence-electron chi connectivity index (χ4n) is 2.01. The van der Waals surface area contributed by atoms with Crippen LogP contribution in [0.25, 0.3) is 11.3 Å². The van der Waals surface area contributed by atoms with E-state index < -0.39 is 5.97 Å². The molecule has 0 spiro atoms. The zero-order valence-corrected chi connectivity index (χ0v) is 14.1.